The van der Waals surface area contributed by atoms with Gasteiger partial charge in [-0.05, 0) is 68.7 Å². The lowest BCUT2D eigenvalue weighted by Crippen LogP contribution is -2.38. The Balaban J connectivity index is 1.47. The molecule has 2 aromatic rings. The van der Waals surface area contributed by atoms with Gasteiger partial charge in [0.05, 0.1) is 31.3 Å². The van der Waals surface area contributed by atoms with Crippen molar-refractivity contribution < 1.29 is 31.9 Å². The van der Waals surface area contributed by atoms with Crippen molar-refractivity contribution in [1.29, 1.82) is 0 Å². The van der Waals surface area contributed by atoms with Crippen molar-refractivity contribution in [2.45, 2.75) is 64.7 Å². The standard InChI is InChI=1S/C25H28ClF4N3O3/c1-2-36-24(35)17-5-3-15(4-6-17)11-22(34)32-8-7-20-21(14-32)33(31-23(20)25(28,29)30)13-16-9-18(26)12-19(27)10-16/h9-10,12,15,17H,2-8,11,13-14H2,1H3. The predicted octanol–water partition coefficient (Wildman–Crippen LogP) is 5.39. The lowest BCUT2D eigenvalue weighted by atomic mass is 9.80. The number of nitrogens with zero attached hydrogens (tertiary/aromatic N) is 3. The molecule has 0 bridgehead atoms. The van der Waals surface area contributed by atoms with E-state index < -0.39 is 17.7 Å². The highest BCUT2D eigenvalue weighted by molar-refractivity contribution is 6.30. The van der Waals surface area contributed by atoms with Crippen LogP contribution in [0.4, 0.5) is 17.6 Å². The lowest BCUT2D eigenvalue weighted by Gasteiger charge is -2.31. The zero-order valence-electron chi connectivity index (χ0n) is 19.9. The van der Waals surface area contributed by atoms with Gasteiger partial charge in [-0.3, -0.25) is 14.3 Å². The number of halogens is 5. The third-order valence-corrected chi connectivity index (χ3v) is 7.16. The molecule has 1 aliphatic heterocycles. The van der Waals surface area contributed by atoms with Crippen LogP contribution in [0.2, 0.25) is 5.02 Å². The van der Waals surface area contributed by atoms with Crippen LogP contribution in [0.15, 0.2) is 18.2 Å². The molecule has 196 valence electrons. The zero-order valence-corrected chi connectivity index (χ0v) is 20.7. The molecule has 0 spiro atoms. The summed E-state index contributed by atoms with van der Waals surface area (Å²) in [6.07, 6.45) is -1.54. The molecule has 0 unspecified atom stereocenters. The Morgan fingerprint density at radius 3 is 2.53 bits per heavy atom. The molecule has 0 saturated heterocycles. The molecule has 1 saturated carbocycles. The van der Waals surface area contributed by atoms with Gasteiger partial charge in [0.1, 0.15) is 5.82 Å². The Hall–Kier alpha value is -2.62. The van der Waals surface area contributed by atoms with Gasteiger partial charge in [-0.15, -0.1) is 0 Å². The van der Waals surface area contributed by atoms with Crippen LogP contribution in [0.1, 0.15) is 61.5 Å². The number of carbonyl (C=O) groups is 2. The van der Waals surface area contributed by atoms with Crippen LogP contribution in [-0.4, -0.2) is 39.7 Å². The second kappa shape index (κ2) is 10.8. The van der Waals surface area contributed by atoms with E-state index >= 15 is 0 Å². The van der Waals surface area contributed by atoms with Crippen LogP contribution in [0, 0.1) is 17.7 Å². The van der Waals surface area contributed by atoms with E-state index in [-0.39, 0.29) is 66.8 Å². The zero-order chi connectivity index (χ0) is 26.0. The summed E-state index contributed by atoms with van der Waals surface area (Å²) in [5, 5.41) is 3.95. The van der Waals surface area contributed by atoms with Crippen LogP contribution in [-0.2, 0) is 40.0 Å². The van der Waals surface area contributed by atoms with Gasteiger partial charge < -0.3 is 9.64 Å². The van der Waals surface area contributed by atoms with E-state index in [1.165, 1.54) is 16.8 Å². The first-order chi connectivity index (χ1) is 17.0. The fourth-order valence-corrected chi connectivity index (χ4v) is 5.41. The number of aromatic nitrogens is 2. The van der Waals surface area contributed by atoms with E-state index in [4.69, 9.17) is 16.3 Å². The molecule has 1 amide bonds. The van der Waals surface area contributed by atoms with E-state index in [0.717, 1.165) is 18.9 Å². The minimum absolute atomic E-state index is 0.00152. The highest BCUT2D eigenvalue weighted by Crippen LogP contribution is 2.36. The Morgan fingerprint density at radius 2 is 1.89 bits per heavy atom. The summed E-state index contributed by atoms with van der Waals surface area (Å²) in [4.78, 5) is 26.6. The normalized spacial score (nSPS) is 20.2. The Bertz CT molecular complexity index is 1110. The van der Waals surface area contributed by atoms with Crippen LogP contribution in [0.5, 0.6) is 0 Å². The maximum atomic E-state index is 13.8. The SMILES string of the molecule is CCOC(=O)C1CCC(CC(=O)N2CCc3c(C(F)(F)F)nn(Cc4cc(F)cc(Cl)c4)c3C2)CC1. The molecule has 1 fully saturated rings. The quantitative estimate of drug-likeness (QED) is 0.372. The second-order valence-electron chi connectivity index (χ2n) is 9.45. The van der Waals surface area contributed by atoms with Gasteiger partial charge in [0.15, 0.2) is 5.69 Å². The average molecular weight is 530 g/mol. The lowest BCUT2D eigenvalue weighted by molar-refractivity contribution is -0.149. The summed E-state index contributed by atoms with van der Waals surface area (Å²) in [6.45, 7) is 2.18. The van der Waals surface area contributed by atoms with Crippen LogP contribution in [0.3, 0.4) is 0 Å². The third-order valence-electron chi connectivity index (χ3n) is 6.94. The summed E-state index contributed by atoms with van der Waals surface area (Å²) < 4.78 is 61.1. The van der Waals surface area contributed by atoms with Crippen molar-refractivity contribution in [2.24, 2.45) is 11.8 Å². The largest absolute Gasteiger partial charge is 0.466 e. The molecular weight excluding hydrogens is 502 g/mol. The topological polar surface area (TPSA) is 64.4 Å². The first-order valence-electron chi connectivity index (χ1n) is 12.1. The summed E-state index contributed by atoms with van der Waals surface area (Å²) >= 11 is 5.91. The first kappa shape index (κ1) is 26.4. The molecule has 1 aliphatic carbocycles. The number of hydrogen-bond acceptors (Lipinski definition) is 4. The van der Waals surface area contributed by atoms with E-state index in [1.807, 2.05) is 0 Å². The second-order valence-corrected chi connectivity index (χ2v) is 9.88. The molecule has 2 aliphatic rings. The summed E-state index contributed by atoms with van der Waals surface area (Å²) in [5.41, 5.74) is -0.220. The number of rotatable bonds is 6. The minimum Gasteiger partial charge on any atom is -0.466 e. The number of fused-ring (bicyclic) bond motifs is 1. The van der Waals surface area contributed by atoms with Crippen molar-refractivity contribution in [3.63, 3.8) is 0 Å². The first-order valence-corrected chi connectivity index (χ1v) is 12.5. The molecule has 2 heterocycles. The van der Waals surface area contributed by atoms with E-state index in [9.17, 15) is 27.2 Å². The van der Waals surface area contributed by atoms with Gasteiger partial charge in [0, 0.05) is 23.6 Å². The van der Waals surface area contributed by atoms with Crippen molar-refractivity contribution in [2.75, 3.05) is 13.2 Å². The molecule has 0 radical (unpaired) electrons. The smallest absolute Gasteiger partial charge is 0.435 e. The van der Waals surface area contributed by atoms with Crippen molar-refractivity contribution in [3.8, 4) is 0 Å². The number of carbonyl (C=O) groups excluding carboxylic acids is 2. The van der Waals surface area contributed by atoms with Gasteiger partial charge in [-0.2, -0.15) is 18.3 Å². The van der Waals surface area contributed by atoms with E-state index in [2.05, 4.69) is 5.10 Å². The minimum atomic E-state index is -4.64. The number of ether oxygens (including phenoxy) is 1. The maximum absolute atomic E-state index is 13.8. The molecule has 11 heteroatoms. The Morgan fingerprint density at radius 1 is 1.17 bits per heavy atom. The van der Waals surface area contributed by atoms with Gasteiger partial charge in [-0.1, -0.05) is 11.6 Å². The average Bonchev–Trinajstić information content (AvgIpc) is 3.17. The number of benzene rings is 1. The monoisotopic (exact) mass is 529 g/mol. The van der Waals surface area contributed by atoms with Crippen LogP contribution in [0.25, 0.3) is 0 Å². The molecule has 1 aromatic carbocycles. The fourth-order valence-electron chi connectivity index (χ4n) is 5.17. The molecule has 0 atom stereocenters. The van der Waals surface area contributed by atoms with E-state index in [1.54, 1.807) is 11.8 Å². The molecule has 6 nitrogen and oxygen atoms in total. The number of amides is 1. The number of alkyl halides is 3. The van der Waals surface area contributed by atoms with Crippen molar-refractivity contribution in [3.05, 3.63) is 51.6 Å². The summed E-state index contributed by atoms with van der Waals surface area (Å²) in [6, 6.07) is 3.79. The molecule has 36 heavy (non-hydrogen) atoms. The van der Waals surface area contributed by atoms with Crippen molar-refractivity contribution >= 4 is 23.5 Å². The molecule has 0 N–H and O–H groups in total. The number of hydrogen-bond donors (Lipinski definition) is 0. The van der Waals surface area contributed by atoms with E-state index in [0.29, 0.717) is 30.7 Å². The highest BCUT2D eigenvalue weighted by atomic mass is 35.5. The van der Waals surface area contributed by atoms with Crippen molar-refractivity contribution in [1.82, 2.24) is 14.7 Å². The van der Waals surface area contributed by atoms with Gasteiger partial charge in [0.2, 0.25) is 5.91 Å². The maximum Gasteiger partial charge on any atom is 0.435 e. The van der Waals surface area contributed by atoms with Crippen LogP contribution < -0.4 is 0 Å². The summed E-state index contributed by atoms with van der Waals surface area (Å²) in [5.74, 6) is -0.937. The van der Waals surface area contributed by atoms with Gasteiger partial charge in [-0.25, -0.2) is 4.39 Å². The Kier molecular flexibility index (Phi) is 7.92. The molecule has 4 rings (SSSR count). The van der Waals surface area contributed by atoms with Gasteiger partial charge >= 0.3 is 12.1 Å². The molecular formula is C25H28ClF4N3O3. The van der Waals surface area contributed by atoms with Crippen LogP contribution >= 0.6 is 11.6 Å². The summed E-state index contributed by atoms with van der Waals surface area (Å²) in [7, 11) is 0. The number of esters is 1. The predicted molar refractivity (Wildman–Crippen MR) is 124 cm³/mol. The molecule has 1 aromatic heterocycles. The highest BCUT2D eigenvalue weighted by Gasteiger charge is 2.41. The third kappa shape index (κ3) is 6.02. The Labute approximate surface area is 211 Å². The fraction of sp³-hybridized carbons (Fsp3) is 0.560. The van der Waals surface area contributed by atoms with Gasteiger partial charge in [0.25, 0.3) is 0 Å².